The summed E-state index contributed by atoms with van der Waals surface area (Å²) in [5, 5.41) is 0. The molecule has 0 aliphatic carbocycles. The van der Waals surface area contributed by atoms with Crippen LogP contribution in [0.5, 0.6) is 0 Å². The highest BCUT2D eigenvalue weighted by atomic mass is 14.8. The Morgan fingerprint density at radius 3 is 2.77 bits per heavy atom. The van der Waals surface area contributed by atoms with Gasteiger partial charge in [-0.15, -0.1) is 0 Å². The van der Waals surface area contributed by atoms with Gasteiger partial charge in [-0.3, -0.25) is 4.99 Å². The summed E-state index contributed by atoms with van der Waals surface area (Å²) < 4.78 is 0. The quantitative estimate of drug-likeness (QED) is 0.648. The van der Waals surface area contributed by atoms with Crippen molar-refractivity contribution >= 4 is 12.3 Å². The summed E-state index contributed by atoms with van der Waals surface area (Å²) in [7, 11) is 0. The van der Waals surface area contributed by atoms with Gasteiger partial charge in [0, 0.05) is 0 Å². The molecule has 0 N–H and O–H groups in total. The summed E-state index contributed by atoms with van der Waals surface area (Å²) >= 11 is 0. The highest BCUT2D eigenvalue weighted by Gasteiger charge is 2.04. The number of aliphatic imine (C=N–C) groups is 1. The van der Waals surface area contributed by atoms with Crippen LogP contribution in [0.1, 0.15) is 18.4 Å². The molecule has 0 aromatic heterocycles. The first-order valence-electron chi connectivity index (χ1n) is 4.70. The molecule has 1 aromatic rings. The molecule has 1 aliphatic rings. The normalized spacial score (nSPS) is 21.4. The second-order valence-corrected chi connectivity index (χ2v) is 3.25. The molecule has 1 aliphatic heterocycles. The van der Waals surface area contributed by atoms with E-state index in [9.17, 15) is 0 Å². The van der Waals surface area contributed by atoms with Gasteiger partial charge < -0.3 is 0 Å². The van der Waals surface area contributed by atoms with Crippen molar-refractivity contribution in [1.82, 2.24) is 0 Å². The molecule has 0 amide bonds. The molecule has 66 valence electrons. The molecule has 1 heteroatoms. The zero-order valence-electron chi connectivity index (χ0n) is 7.56. The molecule has 0 saturated carbocycles. The lowest BCUT2D eigenvalue weighted by Gasteiger charge is -1.97. The highest BCUT2D eigenvalue weighted by Crippen LogP contribution is 2.11. The van der Waals surface area contributed by atoms with E-state index in [0.29, 0.717) is 6.04 Å². The van der Waals surface area contributed by atoms with Gasteiger partial charge in [0.25, 0.3) is 0 Å². The molecule has 1 atom stereocenters. The third kappa shape index (κ3) is 2.28. The van der Waals surface area contributed by atoms with Gasteiger partial charge in [0.05, 0.1) is 6.04 Å². The van der Waals surface area contributed by atoms with Crippen molar-refractivity contribution in [3.05, 3.63) is 42.0 Å². The van der Waals surface area contributed by atoms with Gasteiger partial charge in [-0.25, -0.2) is 0 Å². The van der Waals surface area contributed by atoms with E-state index in [1.54, 1.807) is 0 Å². The Bertz CT molecular complexity index is 311. The van der Waals surface area contributed by atoms with E-state index in [2.05, 4.69) is 41.4 Å². The van der Waals surface area contributed by atoms with Crippen molar-refractivity contribution in [3.8, 4) is 0 Å². The number of rotatable bonds is 2. The van der Waals surface area contributed by atoms with E-state index in [1.165, 1.54) is 12.0 Å². The molecular formula is C12H13N. The molecule has 2 rings (SSSR count). The van der Waals surface area contributed by atoms with E-state index in [0.717, 1.165) is 6.42 Å². The third-order valence-corrected chi connectivity index (χ3v) is 2.20. The summed E-state index contributed by atoms with van der Waals surface area (Å²) in [5.74, 6) is 0. The Labute approximate surface area is 78.8 Å². The average Bonchev–Trinajstić information content (AvgIpc) is 2.69. The number of nitrogens with zero attached hydrogens (tertiary/aromatic N) is 1. The van der Waals surface area contributed by atoms with Gasteiger partial charge in [0.1, 0.15) is 0 Å². The minimum atomic E-state index is 0.417. The van der Waals surface area contributed by atoms with Gasteiger partial charge >= 0.3 is 0 Å². The summed E-state index contributed by atoms with van der Waals surface area (Å²) in [5.41, 5.74) is 1.25. The summed E-state index contributed by atoms with van der Waals surface area (Å²) in [6.07, 6.45) is 8.64. The van der Waals surface area contributed by atoms with Gasteiger partial charge in [-0.2, -0.15) is 0 Å². The standard InChI is InChI=1S/C12H13N/c1-2-5-11(6-3-1)8-9-12-7-4-10-13-12/h1-3,5-6,8-10,12H,4,7H2/b9-8+. The maximum atomic E-state index is 4.34. The Morgan fingerprint density at radius 1 is 1.23 bits per heavy atom. The van der Waals surface area contributed by atoms with E-state index >= 15 is 0 Å². The molecule has 0 saturated heterocycles. The highest BCUT2D eigenvalue weighted by molar-refractivity contribution is 5.61. The monoisotopic (exact) mass is 171 g/mol. The second kappa shape index (κ2) is 4.04. The second-order valence-electron chi connectivity index (χ2n) is 3.25. The van der Waals surface area contributed by atoms with Crippen molar-refractivity contribution in [1.29, 1.82) is 0 Å². The van der Waals surface area contributed by atoms with Crippen LogP contribution < -0.4 is 0 Å². The number of hydrogen-bond acceptors (Lipinski definition) is 1. The van der Waals surface area contributed by atoms with Gasteiger partial charge in [0.2, 0.25) is 0 Å². The maximum Gasteiger partial charge on any atom is 0.0682 e. The van der Waals surface area contributed by atoms with Crippen LogP contribution in [-0.4, -0.2) is 12.3 Å². The van der Waals surface area contributed by atoms with Gasteiger partial charge in [0.15, 0.2) is 0 Å². The topological polar surface area (TPSA) is 12.4 Å². The lowest BCUT2D eigenvalue weighted by atomic mass is 10.1. The van der Waals surface area contributed by atoms with Crippen LogP contribution in [0.15, 0.2) is 41.4 Å². The minimum absolute atomic E-state index is 0.417. The van der Waals surface area contributed by atoms with Crippen LogP contribution in [0.25, 0.3) is 6.08 Å². The molecule has 0 bridgehead atoms. The molecule has 1 heterocycles. The molecule has 1 nitrogen and oxygen atoms in total. The zero-order chi connectivity index (χ0) is 8.93. The van der Waals surface area contributed by atoms with Crippen LogP contribution in [0.4, 0.5) is 0 Å². The van der Waals surface area contributed by atoms with Crippen LogP contribution in [-0.2, 0) is 0 Å². The minimum Gasteiger partial charge on any atom is -0.290 e. The molecular weight excluding hydrogens is 158 g/mol. The lowest BCUT2D eigenvalue weighted by molar-refractivity contribution is 0.810. The first-order valence-corrected chi connectivity index (χ1v) is 4.70. The fourth-order valence-corrected chi connectivity index (χ4v) is 1.46. The van der Waals surface area contributed by atoms with Crippen LogP contribution in [0, 0.1) is 0 Å². The van der Waals surface area contributed by atoms with Crippen molar-refractivity contribution in [3.63, 3.8) is 0 Å². The largest absolute Gasteiger partial charge is 0.290 e. The predicted octanol–water partition coefficient (Wildman–Crippen LogP) is 2.93. The molecule has 0 fully saturated rings. The van der Waals surface area contributed by atoms with Crippen molar-refractivity contribution in [2.24, 2.45) is 4.99 Å². The van der Waals surface area contributed by atoms with Crippen LogP contribution >= 0.6 is 0 Å². The molecule has 1 unspecified atom stereocenters. The fourth-order valence-electron chi connectivity index (χ4n) is 1.46. The average molecular weight is 171 g/mol. The Morgan fingerprint density at radius 2 is 2.08 bits per heavy atom. The third-order valence-electron chi connectivity index (χ3n) is 2.20. The Balaban J connectivity index is 2.01. The van der Waals surface area contributed by atoms with Crippen LogP contribution in [0.3, 0.4) is 0 Å². The molecule has 0 spiro atoms. The van der Waals surface area contributed by atoms with Gasteiger partial charge in [-0.05, 0) is 24.6 Å². The molecule has 0 radical (unpaired) electrons. The fraction of sp³-hybridized carbons (Fsp3) is 0.250. The predicted molar refractivity (Wildman–Crippen MR) is 57.0 cm³/mol. The first-order chi connectivity index (χ1) is 6.45. The summed E-state index contributed by atoms with van der Waals surface area (Å²) in [6.45, 7) is 0. The van der Waals surface area contributed by atoms with Crippen molar-refractivity contribution in [2.45, 2.75) is 18.9 Å². The SMILES string of the molecule is C1=NC(/C=C/c2ccccc2)CC1. The smallest absolute Gasteiger partial charge is 0.0682 e. The lowest BCUT2D eigenvalue weighted by Crippen LogP contribution is -1.91. The van der Waals surface area contributed by atoms with E-state index in [4.69, 9.17) is 0 Å². The summed E-state index contributed by atoms with van der Waals surface area (Å²) in [6, 6.07) is 10.8. The number of hydrogen-bond donors (Lipinski definition) is 0. The maximum absolute atomic E-state index is 4.34. The molecule has 1 aromatic carbocycles. The van der Waals surface area contributed by atoms with Crippen LogP contribution in [0.2, 0.25) is 0 Å². The van der Waals surface area contributed by atoms with E-state index in [-0.39, 0.29) is 0 Å². The first kappa shape index (κ1) is 8.24. The van der Waals surface area contributed by atoms with Crippen molar-refractivity contribution in [2.75, 3.05) is 0 Å². The van der Waals surface area contributed by atoms with E-state index < -0.39 is 0 Å². The van der Waals surface area contributed by atoms with E-state index in [1.807, 2.05) is 12.3 Å². The molecule has 13 heavy (non-hydrogen) atoms. The number of benzene rings is 1. The van der Waals surface area contributed by atoms with Crippen molar-refractivity contribution < 1.29 is 0 Å². The summed E-state index contributed by atoms with van der Waals surface area (Å²) in [4.78, 5) is 4.34. The zero-order valence-corrected chi connectivity index (χ0v) is 7.56. The van der Waals surface area contributed by atoms with Gasteiger partial charge in [-0.1, -0.05) is 42.5 Å². The Kier molecular flexibility index (Phi) is 2.56. The Hall–Kier alpha value is -1.37.